The average Bonchev–Trinajstić information content (AvgIpc) is 2.96. The van der Waals surface area contributed by atoms with Crippen molar-refractivity contribution in [3.8, 4) is 11.8 Å². The summed E-state index contributed by atoms with van der Waals surface area (Å²) in [5.74, 6) is 5.63. The highest BCUT2D eigenvalue weighted by atomic mass is 16.5. The first-order valence-corrected chi connectivity index (χ1v) is 10.3. The van der Waals surface area contributed by atoms with Crippen LogP contribution in [0.3, 0.4) is 0 Å². The van der Waals surface area contributed by atoms with E-state index in [0.29, 0.717) is 19.8 Å². The molecule has 152 valence electrons. The first-order valence-electron chi connectivity index (χ1n) is 10.3. The molecule has 1 aliphatic heterocycles. The van der Waals surface area contributed by atoms with Crippen LogP contribution in [-0.4, -0.2) is 55.0 Å². The van der Waals surface area contributed by atoms with Crippen molar-refractivity contribution in [2.45, 2.75) is 20.0 Å². The standard InChI is InChI=1S/C25H30N2O2/c1-2-9-25(28)27-17-16-26(15-14-22-10-5-3-6-11-22)18-24(19-27)21-29-20-23-12-7-4-8-13-23/h3-8,10-13,24H,14-21H2,1H3. The molecule has 1 heterocycles. The van der Waals surface area contributed by atoms with Crippen LogP contribution in [0.15, 0.2) is 60.7 Å². The Morgan fingerprint density at radius 2 is 1.69 bits per heavy atom. The molecule has 1 fully saturated rings. The number of amides is 1. The van der Waals surface area contributed by atoms with Crippen LogP contribution in [0.4, 0.5) is 0 Å². The van der Waals surface area contributed by atoms with E-state index >= 15 is 0 Å². The fourth-order valence-electron chi connectivity index (χ4n) is 3.71. The van der Waals surface area contributed by atoms with Gasteiger partial charge in [0.05, 0.1) is 13.2 Å². The van der Waals surface area contributed by atoms with Gasteiger partial charge in [0, 0.05) is 38.6 Å². The molecule has 0 N–H and O–H groups in total. The third-order valence-corrected chi connectivity index (χ3v) is 5.22. The zero-order valence-electron chi connectivity index (χ0n) is 17.2. The molecule has 4 heteroatoms. The topological polar surface area (TPSA) is 32.8 Å². The van der Waals surface area contributed by atoms with Gasteiger partial charge in [-0.2, -0.15) is 0 Å². The highest BCUT2D eigenvalue weighted by molar-refractivity contribution is 5.93. The summed E-state index contributed by atoms with van der Waals surface area (Å²) in [6.45, 7) is 7.17. The van der Waals surface area contributed by atoms with Gasteiger partial charge < -0.3 is 14.5 Å². The number of rotatable bonds is 7. The minimum Gasteiger partial charge on any atom is -0.376 e. The van der Waals surface area contributed by atoms with Crippen LogP contribution in [0.2, 0.25) is 0 Å². The van der Waals surface area contributed by atoms with Crippen LogP contribution in [0.1, 0.15) is 18.1 Å². The van der Waals surface area contributed by atoms with Gasteiger partial charge in [-0.05, 0) is 30.4 Å². The Morgan fingerprint density at radius 1 is 1.00 bits per heavy atom. The van der Waals surface area contributed by atoms with E-state index in [0.717, 1.165) is 32.6 Å². The molecule has 1 amide bonds. The van der Waals surface area contributed by atoms with Crippen molar-refractivity contribution >= 4 is 5.91 Å². The number of benzene rings is 2. The van der Waals surface area contributed by atoms with E-state index in [-0.39, 0.29) is 11.8 Å². The van der Waals surface area contributed by atoms with Crippen molar-refractivity contribution in [2.75, 3.05) is 39.3 Å². The van der Waals surface area contributed by atoms with Gasteiger partial charge in [-0.25, -0.2) is 0 Å². The third-order valence-electron chi connectivity index (χ3n) is 5.22. The maximum atomic E-state index is 12.4. The van der Waals surface area contributed by atoms with E-state index in [9.17, 15) is 4.79 Å². The summed E-state index contributed by atoms with van der Waals surface area (Å²) < 4.78 is 6.01. The number of hydrogen-bond donors (Lipinski definition) is 0. The van der Waals surface area contributed by atoms with Crippen molar-refractivity contribution in [1.82, 2.24) is 9.80 Å². The van der Waals surface area contributed by atoms with E-state index in [2.05, 4.69) is 53.1 Å². The third kappa shape index (κ3) is 7.05. The van der Waals surface area contributed by atoms with Crippen LogP contribution >= 0.6 is 0 Å². The van der Waals surface area contributed by atoms with Crippen molar-refractivity contribution < 1.29 is 9.53 Å². The summed E-state index contributed by atoms with van der Waals surface area (Å²) in [4.78, 5) is 16.7. The number of carbonyl (C=O) groups is 1. The van der Waals surface area contributed by atoms with Gasteiger partial charge in [0.1, 0.15) is 0 Å². The second-order valence-corrected chi connectivity index (χ2v) is 7.53. The minimum atomic E-state index is -0.0783. The molecule has 1 aliphatic rings. The highest BCUT2D eigenvalue weighted by Gasteiger charge is 2.25. The van der Waals surface area contributed by atoms with Crippen LogP contribution in [-0.2, 0) is 22.6 Å². The van der Waals surface area contributed by atoms with E-state index in [1.54, 1.807) is 6.92 Å². The lowest BCUT2D eigenvalue weighted by Crippen LogP contribution is -2.36. The Kier molecular flexibility index (Phi) is 8.30. The smallest absolute Gasteiger partial charge is 0.298 e. The first-order chi connectivity index (χ1) is 14.2. The molecule has 1 unspecified atom stereocenters. The molecular weight excluding hydrogens is 360 g/mol. The van der Waals surface area contributed by atoms with Gasteiger partial charge in [0.2, 0.25) is 0 Å². The highest BCUT2D eigenvalue weighted by Crippen LogP contribution is 2.13. The summed E-state index contributed by atoms with van der Waals surface area (Å²) in [7, 11) is 0. The second-order valence-electron chi connectivity index (χ2n) is 7.53. The van der Waals surface area contributed by atoms with Gasteiger partial charge >= 0.3 is 0 Å². The summed E-state index contributed by atoms with van der Waals surface area (Å²) in [6, 6.07) is 20.8. The quantitative estimate of drug-likeness (QED) is 0.681. The maximum Gasteiger partial charge on any atom is 0.298 e. The lowest BCUT2D eigenvalue weighted by atomic mass is 10.1. The summed E-state index contributed by atoms with van der Waals surface area (Å²) in [6.07, 6.45) is 1.02. The molecule has 4 nitrogen and oxygen atoms in total. The summed E-state index contributed by atoms with van der Waals surface area (Å²) in [5.41, 5.74) is 2.52. The SMILES string of the molecule is CC#CC(=O)N1CCN(CCc2ccccc2)CC(COCc2ccccc2)C1. The van der Waals surface area contributed by atoms with E-state index < -0.39 is 0 Å². The molecule has 1 saturated heterocycles. The molecule has 0 spiro atoms. The Balaban J connectivity index is 1.58. The van der Waals surface area contributed by atoms with E-state index in [4.69, 9.17) is 4.74 Å². The summed E-state index contributed by atoms with van der Waals surface area (Å²) in [5, 5.41) is 0. The Labute approximate surface area is 174 Å². The predicted octanol–water partition coefficient (Wildman–Crippen LogP) is 3.23. The second kappa shape index (κ2) is 11.4. The van der Waals surface area contributed by atoms with Crippen molar-refractivity contribution in [3.05, 3.63) is 71.8 Å². The van der Waals surface area contributed by atoms with Crippen molar-refractivity contribution in [1.29, 1.82) is 0 Å². The molecule has 3 rings (SSSR count). The Morgan fingerprint density at radius 3 is 2.38 bits per heavy atom. The fraction of sp³-hybridized carbons (Fsp3) is 0.400. The number of ether oxygens (including phenoxy) is 1. The lowest BCUT2D eigenvalue weighted by molar-refractivity contribution is -0.125. The monoisotopic (exact) mass is 390 g/mol. The molecule has 0 radical (unpaired) electrons. The minimum absolute atomic E-state index is 0.0783. The molecule has 29 heavy (non-hydrogen) atoms. The Hall–Kier alpha value is -2.61. The fourth-order valence-corrected chi connectivity index (χ4v) is 3.71. The molecule has 2 aromatic carbocycles. The van der Waals surface area contributed by atoms with E-state index in [1.807, 2.05) is 29.2 Å². The van der Waals surface area contributed by atoms with Gasteiger partial charge in [0.25, 0.3) is 5.91 Å². The lowest BCUT2D eigenvalue weighted by Gasteiger charge is -2.24. The molecule has 2 aromatic rings. The maximum absolute atomic E-state index is 12.4. The molecule has 0 saturated carbocycles. The molecule has 1 atom stereocenters. The first kappa shape index (κ1) is 21.1. The predicted molar refractivity (Wildman–Crippen MR) is 116 cm³/mol. The van der Waals surface area contributed by atoms with Crippen LogP contribution < -0.4 is 0 Å². The molecule has 0 aromatic heterocycles. The normalized spacial score (nSPS) is 17.3. The average molecular weight is 391 g/mol. The number of carbonyl (C=O) groups excluding carboxylic acids is 1. The molecule has 0 aliphatic carbocycles. The Bertz CT molecular complexity index is 811. The van der Waals surface area contributed by atoms with E-state index in [1.165, 1.54) is 11.1 Å². The summed E-state index contributed by atoms with van der Waals surface area (Å²) >= 11 is 0. The molecule has 0 bridgehead atoms. The molecular formula is C25H30N2O2. The van der Waals surface area contributed by atoms with Crippen molar-refractivity contribution in [3.63, 3.8) is 0 Å². The zero-order chi connectivity index (χ0) is 20.3. The van der Waals surface area contributed by atoms with Crippen molar-refractivity contribution in [2.24, 2.45) is 5.92 Å². The number of hydrogen-bond acceptors (Lipinski definition) is 3. The van der Waals surface area contributed by atoms with Gasteiger partial charge in [-0.3, -0.25) is 4.79 Å². The van der Waals surface area contributed by atoms with Gasteiger partial charge in [-0.15, -0.1) is 0 Å². The zero-order valence-corrected chi connectivity index (χ0v) is 17.2. The van der Waals surface area contributed by atoms with Crippen LogP contribution in [0.5, 0.6) is 0 Å². The van der Waals surface area contributed by atoms with Gasteiger partial charge in [-0.1, -0.05) is 66.6 Å². The van der Waals surface area contributed by atoms with Crippen LogP contribution in [0.25, 0.3) is 0 Å². The van der Waals surface area contributed by atoms with Gasteiger partial charge in [0.15, 0.2) is 0 Å². The largest absolute Gasteiger partial charge is 0.376 e. The number of nitrogens with zero attached hydrogens (tertiary/aromatic N) is 2. The van der Waals surface area contributed by atoms with Crippen LogP contribution in [0, 0.1) is 17.8 Å².